The molecule has 0 aromatic carbocycles. The lowest BCUT2D eigenvalue weighted by atomic mass is 10.1. The number of carboxylic acid groups (broad SMARTS) is 1. The summed E-state index contributed by atoms with van der Waals surface area (Å²) in [5, 5.41) is 8.97. The van der Waals surface area contributed by atoms with Gasteiger partial charge in [-0.15, -0.1) is 0 Å². The van der Waals surface area contributed by atoms with Crippen LogP contribution in [0, 0.1) is 0 Å². The summed E-state index contributed by atoms with van der Waals surface area (Å²) >= 11 is 0. The fraction of sp³-hybridized carbons (Fsp3) is 0.533. The van der Waals surface area contributed by atoms with Gasteiger partial charge < -0.3 is 10.0 Å². The monoisotopic (exact) mass is 276 g/mol. The number of pyridine rings is 1. The first kappa shape index (κ1) is 14.5. The molecule has 0 saturated heterocycles. The minimum atomic E-state index is -0.938. The number of aromatic nitrogens is 1. The van der Waals surface area contributed by atoms with E-state index >= 15 is 0 Å². The molecule has 20 heavy (non-hydrogen) atoms. The number of rotatable bonds is 6. The van der Waals surface area contributed by atoms with Crippen LogP contribution >= 0.6 is 0 Å². The Balaban J connectivity index is 1.93. The van der Waals surface area contributed by atoms with Crippen LogP contribution in [0.2, 0.25) is 0 Å². The molecule has 1 N–H and O–H groups in total. The molecule has 1 amide bonds. The van der Waals surface area contributed by atoms with Crippen molar-refractivity contribution < 1.29 is 14.7 Å². The number of amides is 1. The van der Waals surface area contributed by atoms with Gasteiger partial charge in [-0.1, -0.05) is 18.9 Å². The molecule has 0 aliphatic heterocycles. The van der Waals surface area contributed by atoms with Gasteiger partial charge in [-0.05, 0) is 30.9 Å². The molecule has 0 spiro atoms. The zero-order chi connectivity index (χ0) is 14.4. The Kier molecular flexibility index (Phi) is 5.09. The van der Waals surface area contributed by atoms with Crippen LogP contribution in [0.25, 0.3) is 0 Å². The number of nitrogens with zero attached hydrogens (tertiary/aromatic N) is 2. The van der Waals surface area contributed by atoms with Crippen LogP contribution < -0.4 is 0 Å². The van der Waals surface area contributed by atoms with Crippen LogP contribution in [-0.4, -0.2) is 39.5 Å². The summed E-state index contributed by atoms with van der Waals surface area (Å²) in [5.74, 6) is -1.00. The molecule has 108 valence electrons. The average Bonchev–Trinajstić information content (AvgIpc) is 2.97. The highest BCUT2D eigenvalue weighted by molar-refractivity contribution is 5.81. The number of aryl methyl sites for hydroxylation is 1. The lowest BCUT2D eigenvalue weighted by molar-refractivity contribution is -0.146. The van der Waals surface area contributed by atoms with Gasteiger partial charge in [0, 0.05) is 24.9 Å². The van der Waals surface area contributed by atoms with Gasteiger partial charge in [0.2, 0.25) is 5.91 Å². The molecule has 2 rings (SSSR count). The normalized spacial score (nSPS) is 15.2. The molecule has 1 aliphatic carbocycles. The summed E-state index contributed by atoms with van der Waals surface area (Å²) in [4.78, 5) is 28.8. The molecule has 0 unspecified atom stereocenters. The van der Waals surface area contributed by atoms with E-state index in [0.717, 1.165) is 31.2 Å². The van der Waals surface area contributed by atoms with E-state index in [4.69, 9.17) is 5.11 Å². The molecule has 1 aliphatic rings. The van der Waals surface area contributed by atoms with Gasteiger partial charge in [0.1, 0.15) is 6.54 Å². The molecule has 1 saturated carbocycles. The maximum absolute atomic E-state index is 12.3. The van der Waals surface area contributed by atoms with Gasteiger partial charge in [0.25, 0.3) is 0 Å². The molecule has 1 aromatic rings. The molecular formula is C15H20N2O3. The largest absolute Gasteiger partial charge is 0.480 e. The second-order valence-corrected chi connectivity index (χ2v) is 5.21. The Hall–Kier alpha value is -1.91. The molecule has 1 aromatic heterocycles. The topological polar surface area (TPSA) is 70.5 Å². The van der Waals surface area contributed by atoms with Crippen molar-refractivity contribution in [2.75, 3.05) is 6.54 Å². The van der Waals surface area contributed by atoms with E-state index in [0.29, 0.717) is 12.8 Å². The Labute approximate surface area is 118 Å². The van der Waals surface area contributed by atoms with Gasteiger partial charge in [-0.25, -0.2) is 0 Å². The van der Waals surface area contributed by atoms with Crippen molar-refractivity contribution in [2.24, 2.45) is 0 Å². The van der Waals surface area contributed by atoms with Crippen molar-refractivity contribution in [2.45, 2.75) is 44.6 Å². The SMILES string of the molecule is O=C(O)CN(C(=O)CCc1cccnc1)C1CCCC1. The predicted octanol–water partition coefficient (Wildman–Crippen LogP) is 1.87. The van der Waals surface area contributed by atoms with Gasteiger partial charge in [0.15, 0.2) is 0 Å². The fourth-order valence-corrected chi connectivity index (χ4v) is 2.72. The third-order valence-corrected chi connectivity index (χ3v) is 3.74. The van der Waals surface area contributed by atoms with Crippen molar-refractivity contribution in [1.29, 1.82) is 0 Å². The predicted molar refractivity (Wildman–Crippen MR) is 74.2 cm³/mol. The van der Waals surface area contributed by atoms with Gasteiger partial charge in [-0.3, -0.25) is 14.6 Å². The number of hydrogen-bond acceptors (Lipinski definition) is 3. The highest BCUT2D eigenvalue weighted by Crippen LogP contribution is 2.24. The fourth-order valence-electron chi connectivity index (χ4n) is 2.72. The Morgan fingerprint density at radius 1 is 1.35 bits per heavy atom. The molecule has 5 heteroatoms. The summed E-state index contributed by atoms with van der Waals surface area (Å²) in [6, 6.07) is 3.87. The third-order valence-electron chi connectivity index (χ3n) is 3.74. The van der Waals surface area contributed by atoms with Crippen molar-refractivity contribution in [3.05, 3.63) is 30.1 Å². The summed E-state index contributed by atoms with van der Waals surface area (Å²) in [7, 11) is 0. The van der Waals surface area contributed by atoms with Gasteiger partial charge in [0.05, 0.1) is 0 Å². The first-order valence-corrected chi connectivity index (χ1v) is 7.07. The second-order valence-electron chi connectivity index (χ2n) is 5.21. The zero-order valence-corrected chi connectivity index (χ0v) is 11.5. The van der Waals surface area contributed by atoms with E-state index in [-0.39, 0.29) is 18.5 Å². The molecule has 0 atom stereocenters. The summed E-state index contributed by atoms with van der Waals surface area (Å²) in [6.45, 7) is -0.184. The summed E-state index contributed by atoms with van der Waals surface area (Å²) in [5.41, 5.74) is 1.00. The third kappa shape index (κ3) is 4.05. The van der Waals surface area contributed by atoms with Crippen molar-refractivity contribution in [3.8, 4) is 0 Å². The van der Waals surface area contributed by atoms with Crippen LogP contribution in [0.5, 0.6) is 0 Å². The molecule has 1 fully saturated rings. The quantitative estimate of drug-likeness (QED) is 0.861. The molecular weight excluding hydrogens is 256 g/mol. The number of carbonyl (C=O) groups excluding carboxylic acids is 1. The second kappa shape index (κ2) is 7.03. The van der Waals surface area contributed by atoms with E-state index in [9.17, 15) is 9.59 Å². The van der Waals surface area contributed by atoms with Crippen LogP contribution in [0.4, 0.5) is 0 Å². The zero-order valence-electron chi connectivity index (χ0n) is 11.5. The Morgan fingerprint density at radius 2 is 2.10 bits per heavy atom. The van der Waals surface area contributed by atoms with E-state index in [1.807, 2.05) is 12.1 Å². The molecule has 5 nitrogen and oxygen atoms in total. The smallest absolute Gasteiger partial charge is 0.323 e. The number of carboxylic acids is 1. The lowest BCUT2D eigenvalue weighted by Gasteiger charge is -2.27. The van der Waals surface area contributed by atoms with E-state index < -0.39 is 5.97 Å². The van der Waals surface area contributed by atoms with Crippen LogP contribution in [0.3, 0.4) is 0 Å². The van der Waals surface area contributed by atoms with Crippen LogP contribution in [-0.2, 0) is 16.0 Å². The molecule has 0 bridgehead atoms. The van der Waals surface area contributed by atoms with Crippen molar-refractivity contribution in [1.82, 2.24) is 9.88 Å². The number of aliphatic carboxylic acids is 1. The number of hydrogen-bond donors (Lipinski definition) is 1. The lowest BCUT2D eigenvalue weighted by Crippen LogP contribution is -2.42. The summed E-state index contributed by atoms with van der Waals surface area (Å²) < 4.78 is 0. The number of carbonyl (C=O) groups is 2. The standard InChI is InChI=1S/C15H20N2O3/c18-14(8-7-12-4-3-9-16-10-12)17(11-15(19)20)13-5-1-2-6-13/h3-4,9-10,13H,1-2,5-8,11H2,(H,19,20). The molecule has 0 radical (unpaired) electrons. The highest BCUT2D eigenvalue weighted by Gasteiger charge is 2.27. The van der Waals surface area contributed by atoms with Gasteiger partial charge >= 0.3 is 5.97 Å². The van der Waals surface area contributed by atoms with Crippen LogP contribution in [0.1, 0.15) is 37.7 Å². The van der Waals surface area contributed by atoms with E-state index in [2.05, 4.69) is 4.98 Å². The van der Waals surface area contributed by atoms with Crippen LogP contribution in [0.15, 0.2) is 24.5 Å². The van der Waals surface area contributed by atoms with Gasteiger partial charge in [-0.2, -0.15) is 0 Å². The minimum Gasteiger partial charge on any atom is -0.480 e. The molecule has 1 heterocycles. The minimum absolute atomic E-state index is 0.0665. The van der Waals surface area contributed by atoms with E-state index in [1.54, 1.807) is 17.3 Å². The maximum Gasteiger partial charge on any atom is 0.323 e. The summed E-state index contributed by atoms with van der Waals surface area (Å²) in [6.07, 6.45) is 8.39. The first-order chi connectivity index (χ1) is 9.66. The first-order valence-electron chi connectivity index (χ1n) is 7.07. The Bertz CT molecular complexity index is 455. The van der Waals surface area contributed by atoms with Crippen molar-refractivity contribution in [3.63, 3.8) is 0 Å². The Morgan fingerprint density at radius 3 is 2.70 bits per heavy atom. The highest BCUT2D eigenvalue weighted by atomic mass is 16.4. The average molecular weight is 276 g/mol. The van der Waals surface area contributed by atoms with E-state index in [1.165, 1.54) is 0 Å². The maximum atomic E-state index is 12.3. The van der Waals surface area contributed by atoms with Crippen molar-refractivity contribution >= 4 is 11.9 Å².